The van der Waals surface area contributed by atoms with Gasteiger partial charge in [-0.1, -0.05) is 12.1 Å². The van der Waals surface area contributed by atoms with Crippen LogP contribution in [0, 0.1) is 5.82 Å². The Morgan fingerprint density at radius 2 is 1.83 bits per heavy atom. The first-order valence-electron chi connectivity index (χ1n) is 8.56. The molecule has 0 aliphatic heterocycles. The van der Waals surface area contributed by atoms with Gasteiger partial charge in [-0.15, -0.1) is 12.4 Å². The van der Waals surface area contributed by atoms with Crippen molar-refractivity contribution < 1.29 is 31.9 Å². The van der Waals surface area contributed by atoms with Gasteiger partial charge < -0.3 is 20.0 Å². The van der Waals surface area contributed by atoms with Crippen LogP contribution in [0.5, 0.6) is 5.75 Å². The lowest BCUT2D eigenvalue weighted by Crippen LogP contribution is -2.16. The van der Waals surface area contributed by atoms with Crippen LogP contribution in [0.25, 0.3) is 11.1 Å². The van der Waals surface area contributed by atoms with Crippen LogP contribution in [-0.4, -0.2) is 32.6 Å². The van der Waals surface area contributed by atoms with Crippen molar-refractivity contribution in [3.63, 3.8) is 0 Å². The molecule has 0 unspecified atom stereocenters. The predicted molar refractivity (Wildman–Crippen MR) is 110 cm³/mol. The molecule has 3 aromatic rings. The monoisotopic (exact) mass is 455 g/mol. The molecule has 0 amide bonds. The van der Waals surface area contributed by atoms with Crippen LogP contribution in [0.15, 0.2) is 64.3 Å². The average molecular weight is 456 g/mol. The minimum absolute atomic E-state index is 0. The molecular weight excluding hydrogens is 437 g/mol. The number of aromatic carboxylic acids is 1. The highest BCUT2D eigenvalue weighted by molar-refractivity contribution is 7.90. The number of benzene rings is 2. The second-order valence-corrected chi connectivity index (χ2v) is 8.13. The number of carboxylic acids is 1. The van der Waals surface area contributed by atoms with Gasteiger partial charge in [-0.25, -0.2) is 17.6 Å². The van der Waals surface area contributed by atoms with Gasteiger partial charge in [0.2, 0.25) is 0 Å². The second kappa shape index (κ2) is 9.75. The van der Waals surface area contributed by atoms with Crippen molar-refractivity contribution in [1.82, 2.24) is 0 Å². The van der Waals surface area contributed by atoms with Crippen LogP contribution < -0.4 is 10.5 Å². The molecular formula is C20H19ClFNO6S. The summed E-state index contributed by atoms with van der Waals surface area (Å²) < 4.78 is 49.2. The van der Waals surface area contributed by atoms with Crippen LogP contribution in [0.2, 0.25) is 0 Å². The third-order valence-corrected chi connectivity index (χ3v) is 5.85. The zero-order valence-electron chi connectivity index (χ0n) is 15.6. The maximum Gasteiger partial charge on any atom is 0.339 e. The summed E-state index contributed by atoms with van der Waals surface area (Å²) in [5, 5.41) is 9.79. The fraction of sp³-hybridized carbons (Fsp3) is 0.150. The lowest BCUT2D eigenvalue weighted by molar-refractivity contribution is 0.0691. The van der Waals surface area contributed by atoms with E-state index in [4.69, 9.17) is 14.9 Å². The Hall–Kier alpha value is -2.88. The first kappa shape index (κ1) is 23.4. The molecule has 0 fully saturated rings. The maximum absolute atomic E-state index is 13.1. The highest BCUT2D eigenvalue weighted by atomic mass is 35.5. The Labute approximate surface area is 178 Å². The Morgan fingerprint density at radius 1 is 1.13 bits per heavy atom. The van der Waals surface area contributed by atoms with E-state index in [2.05, 4.69) is 0 Å². The number of nitrogens with two attached hydrogens (primary N) is 1. The van der Waals surface area contributed by atoms with Gasteiger partial charge in [-0.3, -0.25) is 0 Å². The van der Waals surface area contributed by atoms with E-state index in [1.165, 1.54) is 18.6 Å². The summed E-state index contributed by atoms with van der Waals surface area (Å²) in [6.45, 7) is 0.182. The van der Waals surface area contributed by atoms with E-state index in [1.54, 1.807) is 12.1 Å². The van der Waals surface area contributed by atoms with Gasteiger partial charge in [-0.2, -0.15) is 0 Å². The van der Waals surface area contributed by atoms with Crippen LogP contribution in [0.3, 0.4) is 0 Å². The molecule has 0 saturated heterocycles. The number of carbonyl (C=O) groups is 1. The highest BCUT2D eigenvalue weighted by Gasteiger charge is 2.26. The molecule has 3 rings (SSSR count). The van der Waals surface area contributed by atoms with Gasteiger partial charge in [0.1, 0.15) is 23.7 Å². The van der Waals surface area contributed by atoms with Crippen molar-refractivity contribution >= 4 is 28.2 Å². The minimum atomic E-state index is -3.92. The number of ether oxygens (including phenoxy) is 1. The zero-order valence-corrected chi connectivity index (χ0v) is 17.2. The first-order valence-corrected chi connectivity index (χ1v) is 10.2. The summed E-state index contributed by atoms with van der Waals surface area (Å²) in [5.41, 5.74) is 6.26. The van der Waals surface area contributed by atoms with E-state index in [-0.39, 0.29) is 47.3 Å². The van der Waals surface area contributed by atoms with E-state index < -0.39 is 27.4 Å². The van der Waals surface area contributed by atoms with E-state index in [9.17, 15) is 22.7 Å². The standard InChI is InChI=1S/C20H18FNO6S.ClH/c21-15-2-4-16(5-3-15)29(25,26)12-14-1-6-17(13-7-9-27-11-13)19(28-10-8-22)18(14)20(23)24;/h1-7,9,11H,8,10,12,22H2,(H,23,24);1H. The Morgan fingerprint density at radius 3 is 2.40 bits per heavy atom. The molecule has 0 saturated carbocycles. The van der Waals surface area contributed by atoms with Crippen molar-refractivity contribution in [1.29, 1.82) is 0 Å². The summed E-state index contributed by atoms with van der Waals surface area (Å²) in [4.78, 5) is 11.9. The molecule has 0 atom stereocenters. The van der Waals surface area contributed by atoms with Crippen molar-refractivity contribution in [2.45, 2.75) is 10.6 Å². The number of furan rings is 1. The molecule has 0 spiro atoms. The molecule has 2 aromatic carbocycles. The zero-order chi connectivity index (χ0) is 21.0. The lowest BCUT2D eigenvalue weighted by Gasteiger charge is -2.16. The molecule has 0 aliphatic rings. The van der Waals surface area contributed by atoms with Crippen molar-refractivity contribution in [3.05, 3.63) is 71.9 Å². The number of carboxylic acid groups (broad SMARTS) is 1. The molecule has 3 N–H and O–H groups in total. The van der Waals surface area contributed by atoms with Crippen LogP contribution in [0.1, 0.15) is 15.9 Å². The quantitative estimate of drug-likeness (QED) is 0.498. The maximum atomic E-state index is 13.1. The van der Waals surface area contributed by atoms with Crippen LogP contribution in [-0.2, 0) is 15.6 Å². The minimum Gasteiger partial charge on any atom is -0.491 e. The normalized spacial score (nSPS) is 11.0. The fourth-order valence-electron chi connectivity index (χ4n) is 2.86. The smallest absolute Gasteiger partial charge is 0.339 e. The van der Waals surface area contributed by atoms with Crippen LogP contribution >= 0.6 is 12.4 Å². The summed E-state index contributed by atoms with van der Waals surface area (Å²) in [7, 11) is -3.92. The van der Waals surface area contributed by atoms with Gasteiger partial charge in [0.05, 0.1) is 23.2 Å². The van der Waals surface area contributed by atoms with Gasteiger partial charge in [0.25, 0.3) is 0 Å². The molecule has 10 heteroatoms. The number of halogens is 2. The summed E-state index contributed by atoms with van der Waals surface area (Å²) in [6.07, 6.45) is 2.85. The average Bonchev–Trinajstić information content (AvgIpc) is 3.20. The molecule has 7 nitrogen and oxygen atoms in total. The lowest BCUT2D eigenvalue weighted by atomic mass is 9.99. The second-order valence-electron chi connectivity index (χ2n) is 6.14. The molecule has 0 bridgehead atoms. The predicted octanol–water partition coefficient (Wildman–Crippen LogP) is 3.52. The van der Waals surface area contributed by atoms with Crippen LogP contribution in [0.4, 0.5) is 4.39 Å². The molecule has 0 aliphatic carbocycles. The molecule has 1 aromatic heterocycles. The van der Waals surface area contributed by atoms with E-state index in [0.717, 1.165) is 24.3 Å². The molecule has 30 heavy (non-hydrogen) atoms. The number of rotatable bonds is 8. The Kier molecular flexibility index (Phi) is 7.60. The molecule has 160 valence electrons. The molecule has 0 radical (unpaired) electrons. The van der Waals surface area contributed by atoms with E-state index >= 15 is 0 Å². The Bertz CT molecular complexity index is 1110. The summed E-state index contributed by atoms with van der Waals surface area (Å²) in [6, 6.07) is 8.95. The van der Waals surface area contributed by atoms with Gasteiger partial charge in [0, 0.05) is 17.7 Å². The number of sulfone groups is 1. The first-order chi connectivity index (χ1) is 13.8. The summed E-state index contributed by atoms with van der Waals surface area (Å²) >= 11 is 0. The van der Waals surface area contributed by atoms with Gasteiger partial charge in [0.15, 0.2) is 9.84 Å². The third kappa shape index (κ3) is 4.99. The fourth-order valence-corrected chi connectivity index (χ4v) is 4.23. The number of hydrogen-bond donors (Lipinski definition) is 2. The van der Waals surface area contributed by atoms with Crippen molar-refractivity contribution in [2.24, 2.45) is 5.73 Å². The SMILES string of the molecule is Cl.NCCOc1c(-c2ccoc2)ccc(CS(=O)(=O)c2ccc(F)cc2)c1C(=O)O. The van der Waals surface area contributed by atoms with Crippen molar-refractivity contribution in [3.8, 4) is 16.9 Å². The van der Waals surface area contributed by atoms with Gasteiger partial charge in [-0.05, 0) is 35.9 Å². The van der Waals surface area contributed by atoms with Gasteiger partial charge >= 0.3 is 5.97 Å². The largest absolute Gasteiger partial charge is 0.491 e. The summed E-state index contributed by atoms with van der Waals surface area (Å²) in [5.74, 6) is -2.50. The van der Waals surface area contributed by atoms with E-state index in [1.807, 2.05) is 0 Å². The topological polar surface area (TPSA) is 120 Å². The van der Waals surface area contributed by atoms with Crippen molar-refractivity contribution in [2.75, 3.05) is 13.2 Å². The number of hydrogen-bond acceptors (Lipinski definition) is 6. The van der Waals surface area contributed by atoms with E-state index in [0.29, 0.717) is 11.1 Å². The molecule has 1 heterocycles. The Balaban J connectivity index is 0.00000320. The third-order valence-electron chi connectivity index (χ3n) is 4.17. The highest BCUT2D eigenvalue weighted by Crippen LogP contribution is 2.37.